The van der Waals surface area contributed by atoms with Crippen molar-refractivity contribution in [3.8, 4) is 5.75 Å². The minimum atomic E-state index is -0.283. The highest BCUT2D eigenvalue weighted by atomic mass is 16.5. The summed E-state index contributed by atoms with van der Waals surface area (Å²) in [6.45, 7) is 0.718. The molecular formula is C18H20N2O2. The topological polar surface area (TPSA) is 55.6 Å². The van der Waals surface area contributed by atoms with E-state index in [4.69, 9.17) is 10.5 Å². The van der Waals surface area contributed by atoms with Gasteiger partial charge < -0.3 is 15.4 Å². The number of carbonyl (C=O) groups is 1. The molecule has 0 spiro atoms. The summed E-state index contributed by atoms with van der Waals surface area (Å²) in [5, 5.41) is 0. The zero-order valence-corrected chi connectivity index (χ0v) is 12.7. The average Bonchev–Trinajstić information content (AvgIpc) is 3.02. The monoisotopic (exact) mass is 296 g/mol. The number of hydrogen-bond acceptors (Lipinski definition) is 3. The Morgan fingerprint density at radius 2 is 2.05 bits per heavy atom. The van der Waals surface area contributed by atoms with Crippen molar-refractivity contribution in [2.75, 3.05) is 18.6 Å². The molecule has 0 saturated carbocycles. The molecule has 2 N–H and O–H groups in total. The summed E-state index contributed by atoms with van der Waals surface area (Å²) in [6, 6.07) is 15.3. The van der Waals surface area contributed by atoms with Crippen molar-refractivity contribution in [3.63, 3.8) is 0 Å². The van der Waals surface area contributed by atoms with E-state index in [2.05, 4.69) is 0 Å². The Morgan fingerprint density at radius 3 is 2.82 bits per heavy atom. The van der Waals surface area contributed by atoms with Gasteiger partial charge >= 0.3 is 0 Å². The van der Waals surface area contributed by atoms with Crippen LogP contribution < -0.4 is 15.4 Å². The lowest BCUT2D eigenvalue weighted by Crippen LogP contribution is -2.29. The van der Waals surface area contributed by atoms with E-state index in [1.807, 2.05) is 48.5 Å². The first-order valence-corrected chi connectivity index (χ1v) is 7.48. The SMILES string of the molecule is CN(C(=O)CC(N)c1ccccc1)c1ccc2c(c1)CCO2. The molecule has 0 aliphatic carbocycles. The van der Waals surface area contributed by atoms with Gasteiger partial charge in [-0.15, -0.1) is 0 Å². The second-order valence-corrected chi connectivity index (χ2v) is 5.56. The summed E-state index contributed by atoms with van der Waals surface area (Å²) < 4.78 is 5.49. The zero-order chi connectivity index (χ0) is 15.5. The van der Waals surface area contributed by atoms with Gasteiger partial charge in [-0.05, 0) is 29.3 Å². The molecule has 2 aromatic rings. The predicted molar refractivity (Wildman–Crippen MR) is 87.0 cm³/mol. The lowest BCUT2D eigenvalue weighted by atomic mass is 10.0. The predicted octanol–water partition coefficient (Wildman–Crippen LogP) is 2.67. The first-order valence-electron chi connectivity index (χ1n) is 7.48. The molecule has 3 rings (SSSR count). The Bertz CT molecular complexity index is 670. The Kier molecular flexibility index (Phi) is 4.11. The molecule has 1 heterocycles. The summed E-state index contributed by atoms with van der Waals surface area (Å²) in [5.74, 6) is 0.931. The van der Waals surface area contributed by atoms with Gasteiger partial charge in [-0.2, -0.15) is 0 Å². The van der Waals surface area contributed by atoms with Crippen molar-refractivity contribution < 1.29 is 9.53 Å². The Balaban J connectivity index is 1.69. The third-order valence-electron chi connectivity index (χ3n) is 4.06. The minimum Gasteiger partial charge on any atom is -0.493 e. The summed E-state index contributed by atoms with van der Waals surface area (Å²) in [5.41, 5.74) is 9.15. The summed E-state index contributed by atoms with van der Waals surface area (Å²) in [7, 11) is 1.79. The minimum absolute atomic E-state index is 0.00946. The lowest BCUT2D eigenvalue weighted by molar-refractivity contribution is -0.118. The van der Waals surface area contributed by atoms with Crippen molar-refractivity contribution in [3.05, 3.63) is 59.7 Å². The molecule has 2 aromatic carbocycles. The van der Waals surface area contributed by atoms with E-state index in [9.17, 15) is 4.79 Å². The molecule has 1 unspecified atom stereocenters. The maximum atomic E-state index is 12.4. The number of ether oxygens (including phenoxy) is 1. The van der Waals surface area contributed by atoms with Crippen LogP contribution in [0.25, 0.3) is 0 Å². The van der Waals surface area contributed by atoms with Crippen LogP contribution in [0.2, 0.25) is 0 Å². The number of rotatable bonds is 4. The molecule has 0 fully saturated rings. The van der Waals surface area contributed by atoms with Gasteiger partial charge in [-0.3, -0.25) is 4.79 Å². The molecule has 1 aliphatic heterocycles. The first-order chi connectivity index (χ1) is 10.6. The molecule has 0 aromatic heterocycles. The normalized spacial score (nSPS) is 14.1. The van der Waals surface area contributed by atoms with E-state index in [0.29, 0.717) is 0 Å². The fourth-order valence-electron chi connectivity index (χ4n) is 2.67. The second-order valence-electron chi connectivity index (χ2n) is 5.56. The molecule has 0 radical (unpaired) electrons. The van der Waals surface area contributed by atoms with Crippen molar-refractivity contribution in [2.24, 2.45) is 5.73 Å². The van der Waals surface area contributed by atoms with Gasteiger partial charge in [0.2, 0.25) is 5.91 Å². The second kappa shape index (κ2) is 6.20. The van der Waals surface area contributed by atoms with Crippen LogP contribution in [0.3, 0.4) is 0 Å². The van der Waals surface area contributed by atoms with Crippen LogP contribution in [0.4, 0.5) is 5.69 Å². The highest BCUT2D eigenvalue weighted by molar-refractivity contribution is 5.93. The van der Waals surface area contributed by atoms with Gasteiger partial charge in [-0.1, -0.05) is 30.3 Å². The van der Waals surface area contributed by atoms with Crippen LogP contribution in [-0.2, 0) is 11.2 Å². The molecule has 4 nitrogen and oxygen atoms in total. The van der Waals surface area contributed by atoms with Crippen molar-refractivity contribution >= 4 is 11.6 Å². The van der Waals surface area contributed by atoms with Crippen LogP contribution in [0, 0.1) is 0 Å². The number of anilines is 1. The standard InChI is InChI=1S/C18H20N2O2/c1-20(15-7-8-17-14(11-15)9-10-22-17)18(21)12-16(19)13-5-3-2-4-6-13/h2-8,11,16H,9-10,12,19H2,1H3. The molecule has 0 saturated heterocycles. The van der Waals surface area contributed by atoms with Crippen LogP contribution in [-0.4, -0.2) is 19.6 Å². The van der Waals surface area contributed by atoms with E-state index in [-0.39, 0.29) is 18.4 Å². The summed E-state index contributed by atoms with van der Waals surface area (Å²) >= 11 is 0. The van der Waals surface area contributed by atoms with E-state index in [0.717, 1.165) is 35.6 Å². The fourth-order valence-corrected chi connectivity index (χ4v) is 2.67. The number of nitrogens with zero attached hydrogens (tertiary/aromatic N) is 1. The number of fused-ring (bicyclic) bond motifs is 1. The zero-order valence-electron chi connectivity index (χ0n) is 12.7. The molecule has 22 heavy (non-hydrogen) atoms. The Hall–Kier alpha value is -2.33. The van der Waals surface area contributed by atoms with E-state index in [1.165, 1.54) is 0 Å². The number of amides is 1. The number of carbonyl (C=O) groups excluding carboxylic acids is 1. The first kappa shape index (κ1) is 14.6. The third-order valence-corrected chi connectivity index (χ3v) is 4.06. The van der Waals surface area contributed by atoms with Gasteiger partial charge in [0.15, 0.2) is 0 Å². The van der Waals surface area contributed by atoms with Crippen molar-refractivity contribution in [1.82, 2.24) is 0 Å². The molecular weight excluding hydrogens is 276 g/mol. The number of hydrogen-bond donors (Lipinski definition) is 1. The number of nitrogens with two attached hydrogens (primary N) is 1. The highest BCUT2D eigenvalue weighted by Gasteiger charge is 2.19. The van der Waals surface area contributed by atoms with Crippen molar-refractivity contribution in [1.29, 1.82) is 0 Å². The fraction of sp³-hybridized carbons (Fsp3) is 0.278. The van der Waals surface area contributed by atoms with Crippen LogP contribution in [0.1, 0.15) is 23.6 Å². The van der Waals surface area contributed by atoms with Crippen LogP contribution in [0.5, 0.6) is 5.75 Å². The van der Waals surface area contributed by atoms with Gasteiger partial charge in [0, 0.05) is 31.6 Å². The van der Waals surface area contributed by atoms with Crippen molar-refractivity contribution in [2.45, 2.75) is 18.9 Å². The molecule has 1 aliphatic rings. The highest BCUT2D eigenvalue weighted by Crippen LogP contribution is 2.29. The molecule has 1 amide bonds. The number of benzene rings is 2. The van der Waals surface area contributed by atoms with Gasteiger partial charge in [0.25, 0.3) is 0 Å². The lowest BCUT2D eigenvalue weighted by Gasteiger charge is -2.20. The van der Waals surface area contributed by atoms with E-state index in [1.54, 1.807) is 11.9 Å². The van der Waals surface area contributed by atoms with Gasteiger partial charge in [0.1, 0.15) is 5.75 Å². The van der Waals surface area contributed by atoms with Gasteiger partial charge in [0.05, 0.1) is 6.61 Å². The van der Waals surface area contributed by atoms with E-state index >= 15 is 0 Å². The van der Waals surface area contributed by atoms with Crippen LogP contribution >= 0.6 is 0 Å². The Labute approximate surface area is 130 Å². The maximum absolute atomic E-state index is 12.4. The molecule has 4 heteroatoms. The quantitative estimate of drug-likeness (QED) is 0.943. The summed E-state index contributed by atoms with van der Waals surface area (Å²) in [6.07, 6.45) is 1.18. The molecule has 0 bridgehead atoms. The largest absolute Gasteiger partial charge is 0.493 e. The third kappa shape index (κ3) is 2.97. The van der Waals surface area contributed by atoms with Gasteiger partial charge in [-0.25, -0.2) is 0 Å². The van der Waals surface area contributed by atoms with E-state index < -0.39 is 0 Å². The molecule has 1 atom stereocenters. The molecule has 114 valence electrons. The smallest absolute Gasteiger partial charge is 0.228 e. The maximum Gasteiger partial charge on any atom is 0.228 e. The Morgan fingerprint density at radius 1 is 1.27 bits per heavy atom. The summed E-state index contributed by atoms with van der Waals surface area (Å²) in [4.78, 5) is 14.1. The van der Waals surface area contributed by atoms with Crippen LogP contribution in [0.15, 0.2) is 48.5 Å². The average molecular weight is 296 g/mol.